The van der Waals surface area contributed by atoms with Crippen LogP contribution in [0.1, 0.15) is 18.4 Å². The Hall–Kier alpha value is -0.450. The lowest BCUT2D eigenvalue weighted by atomic mass is 10.0. The Balaban J connectivity index is 2.48. The van der Waals surface area contributed by atoms with Crippen molar-refractivity contribution in [3.05, 3.63) is 21.1 Å². The number of halogens is 2. The molecule has 2 N–H and O–H groups in total. The predicted molar refractivity (Wildman–Crippen MR) is 72.1 cm³/mol. The van der Waals surface area contributed by atoms with Crippen molar-refractivity contribution in [3.63, 3.8) is 0 Å². The van der Waals surface area contributed by atoms with E-state index in [0.717, 1.165) is 29.3 Å². The van der Waals surface area contributed by atoms with Crippen molar-refractivity contribution < 1.29 is 9.47 Å². The van der Waals surface area contributed by atoms with Crippen LogP contribution in [0.15, 0.2) is 10.5 Å². The molecule has 3 nitrogen and oxygen atoms in total. The molecule has 0 radical (unpaired) electrons. The zero-order chi connectivity index (χ0) is 12.6. The topological polar surface area (TPSA) is 44.5 Å². The first kappa shape index (κ1) is 13.0. The van der Waals surface area contributed by atoms with Gasteiger partial charge >= 0.3 is 0 Å². The highest BCUT2D eigenvalue weighted by molar-refractivity contribution is 9.10. The van der Waals surface area contributed by atoms with Gasteiger partial charge in [0.1, 0.15) is 0 Å². The monoisotopic (exact) mass is 319 g/mol. The molecule has 17 heavy (non-hydrogen) atoms. The smallest absolute Gasteiger partial charge is 0.175 e. The fraction of sp³-hybridized carbons (Fsp3) is 0.500. The Morgan fingerprint density at radius 1 is 1.35 bits per heavy atom. The second-order valence-electron chi connectivity index (χ2n) is 4.42. The van der Waals surface area contributed by atoms with Crippen LogP contribution in [0.3, 0.4) is 0 Å². The van der Waals surface area contributed by atoms with Gasteiger partial charge in [0.2, 0.25) is 0 Å². The first-order valence-electron chi connectivity index (χ1n) is 5.38. The zero-order valence-electron chi connectivity index (χ0n) is 9.85. The Kier molecular flexibility index (Phi) is 3.57. The summed E-state index contributed by atoms with van der Waals surface area (Å²) in [6, 6.07) is 1.82. The molecule has 1 aromatic rings. The van der Waals surface area contributed by atoms with E-state index in [4.69, 9.17) is 26.8 Å². The van der Waals surface area contributed by atoms with Crippen LogP contribution in [-0.4, -0.2) is 19.8 Å². The number of nitrogens with two attached hydrogens (primary N) is 1. The lowest BCUT2D eigenvalue weighted by Crippen LogP contribution is -2.25. The minimum atomic E-state index is -0.115. The highest BCUT2D eigenvalue weighted by Crippen LogP contribution is 2.46. The number of rotatable bonds is 4. The molecule has 1 fully saturated rings. The first-order chi connectivity index (χ1) is 8.00. The van der Waals surface area contributed by atoms with Gasteiger partial charge in [0, 0.05) is 16.1 Å². The van der Waals surface area contributed by atoms with E-state index in [0.29, 0.717) is 16.5 Å². The molecular formula is C12H15BrClNO2. The molecule has 0 atom stereocenters. The van der Waals surface area contributed by atoms with E-state index < -0.39 is 0 Å². The van der Waals surface area contributed by atoms with Gasteiger partial charge in [-0.05, 0) is 41.3 Å². The summed E-state index contributed by atoms with van der Waals surface area (Å²) in [5.41, 5.74) is 6.94. The van der Waals surface area contributed by atoms with Crippen LogP contribution in [0.2, 0.25) is 5.02 Å². The summed E-state index contributed by atoms with van der Waals surface area (Å²) in [4.78, 5) is 0. The molecule has 1 aliphatic rings. The van der Waals surface area contributed by atoms with E-state index in [1.165, 1.54) is 0 Å². The molecule has 1 aliphatic carbocycles. The van der Waals surface area contributed by atoms with Gasteiger partial charge in [0.05, 0.1) is 18.7 Å². The van der Waals surface area contributed by atoms with Gasteiger partial charge in [0.15, 0.2) is 11.5 Å². The van der Waals surface area contributed by atoms with E-state index in [1.54, 1.807) is 14.2 Å². The molecule has 0 spiro atoms. The fourth-order valence-electron chi connectivity index (χ4n) is 1.88. The van der Waals surface area contributed by atoms with E-state index in [2.05, 4.69) is 15.9 Å². The normalized spacial score (nSPS) is 16.8. The fourth-order valence-corrected chi connectivity index (χ4v) is 2.84. The van der Waals surface area contributed by atoms with Gasteiger partial charge in [0.25, 0.3) is 0 Å². The second-order valence-corrected chi connectivity index (χ2v) is 5.69. The summed E-state index contributed by atoms with van der Waals surface area (Å²) in [6.45, 7) is 0. The molecule has 94 valence electrons. The zero-order valence-corrected chi connectivity index (χ0v) is 12.2. The summed E-state index contributed by atoms with van der Waals surface area (Å²) in [5, 5.41) is 0.659. The SMILES string of the molecule is COc1c(Br)cc(Cl)c(CC2(N)CC2)c1OC. The summed E-state index contributed by atoms with van der Waals surface area (Å²) in [6.07, 6.45) is 2.79. The summed E-state index contributed by atoms with van der Waals surface area (Å²) >= 11 is 9.66. The number of benzene rings is 1. The molecule has 1 aromatic carbocycles. The highest BCUT2D eigenvalue weighted by Gasteiger charge is 2.40. The summed E-state index contributed by atoms with van der Waals surface area (Å²) < 4.78 is 11.5. The summed E-state index contributed by atoms with van der Waals surface area (Å²) in [7, 11) is 3.22. The minimum Gasteiger partial charge on any atom is -0.492 e. The number of hydrogen-bond acceptors (Lipinski definition) is 3. The van der Waals surface area contributed by atoms with Crippen molar-refractivity contribution in [2.45, 2.75) is 24.8 Å². The molecular weight excluding hydrogens is 305 g/mol. The van der Waals surface area contributed by atoms with Crippen molar-refractivity contribution in [2.24, 2.45) is 5.73 Å². The van der Waals surface area contributed by atoms with Gasteiger partial charge in [-0.25, -0.2) is 0 Å². The van der Waals surface area contributed by atoms with E-state index >= 15 is 0 Å². The average molecular weight is 321 g/mol. The highest BCUT2D eigenvalue weighted by atomic mass is 79.9. The van der Waals surface area contributed by atoms with Crippen LogP contribution >= 0.6 is 27.5 Å². The first-order valence-corrected chi connectivity index (χ1v) is 6.55. The number of methoxy groups -OCH3 is 2. The Morgan fingerprint density at radius 3 is 2.41 bits per heavy atom. The molecule has 0 aromatic heterocycles. The molecule has 2 rings (SSSR count). The van der Waals surface area contributed by atoms with Crippen LogP contribution in [-0.2, 0) is 6.42 Å². The van der Waals surface area contributed by atoms with E-state index in [-0.39, 0.29) is 5.54 Å². The number of hydrogen-bond donors (Lipinski definition) is 1. The molecule has 0 aliphatic heterocycles. The van der Waals surface area contributed by atoms with Crippen LogP contribution in [0.25, 0.3) is 0 Å². The average Bonchev–Trinajstić information content (AvgIpc) is 3.00. The molecule has 0 saturated heterocycles. The second kappa shape index (κ2) is 4.67. The Labute approximate surface area is 114 Å². The summed E-state index contributed by atoms with van der Waals surface area (Å²) in [5.74, 6) is 1.33. The maximum Gasteiger partial charge on any atom is 0.175 e. The van der Waals surface area contributed by atoms with Gasteiger partial charge in [-0.15, -0.1) is 0 Å². The molecule has 5 heteroatoms. The third kappa shape index (κ3) is 2.54. The molecule has 0 unspecified atom stereocenters. The van der Waals surface area contributed by atoms with Crippen molar-refractivity contribution in [2.75, 3.05) is 14.2 Å². The lowest BCUT2D eigenvalue weighted by Gasteiger charge is -2.18. The molecule has 0 heterocycles. The molecule has 0 bridgehead atoms. The number of ether oxygens (including phenoxy) is 2. The van der Waals surface area contributed by atoms with Gasteiger partial charge in [-0.1, -0.05) is 11.6 Å². The molecule has 0 amide bonds. The minimum absolute atomic E-state index is 0.115. The van der Waals surface area contributed by atoms with Crippen molar-refractivity contribution in [1.29, 1.82) is 0 Å². The standard InChI is InChI=1S/C12H15BrClNO2/c1-16-10-7(6-12(15)3-4-12)9(14)5-8(13)11(10)17-2/h5H,3-4,6,15H2,1-2H3. The van der Waals surface area contributed by atoms with Crippen molar-refractivity contribution in [3.8, 4) is 11.5 Å². The van der Waals surface area contributed by atoms with E-state index in [9.17, 15) is 0 Å². The van der Waals surface area contributed by atoms with Crippen LogP contribution < -0.4 is 15.2 Å². The lowest BCUT2D eigenvalue weighted by molar-refractivity contribution is 0.349. The van der Waals surface area contributed by atoms with Crippen LogP contribution in [0, 0.1) is 0 Å². The van der Waals surface area contributed by atoms with Crippen molar-refractivity contribution >= 4 is 27.5 Å². The van der Waals surface area contributed by atoms with Crippen molar-refractivity contribution in [1.82, 2.24) is 0 Å². The third-order valence-corrected chi connectivity index (χ3v) is 3.99. The largest absolute Gasteiger partial charge is 0.492 e. The maximum atomic E-state index is 6.26. The Morgan fingerprint density at radius 2 is 1.94 bits per heavy atom. The van der Waals surface area contributed by atoms with Gasteiger partial charge in [-0.3, -0.25) is 0 Å². The molecule has 1 saturated carbocycles. The van der Waals surface area contributed by atoms with Gasteiger partial charge < -0.3 is 15.2 Å². The maximum absolute atomic E-state index is 6.26. The quantitative estimate of drug-likeness (QED) is 0.927. The predicted octanol–water partition coefficient (Wildman–Crippen LogP) is 3.15. The third-order valence-electron chi connectivity index (χ3n) is 3.07. The van der Waals surface area contributed by atoms with Crippen LogP contribution in [0.4, 0.5) is 0 Å². The van der Waals surface area contributed by atoms with E-state index in [1.807, 2.05) is 6.07 Å². The van der Waals surface area contributed by atoms with Gasteiger partial charge in [-0.2, -0.15) is 0 Å². The van der Waals surface area contributed by atoms with Crippen LogP contribution in [0.5, 0.6) is 11.5 Å². The Bertz CT molecular complexity index is 447.